The van der Waals surface area contributed by atoms with Crippen LogP contribution >= 0.6 is 0 Å². The Morgan fingerprint density at radius 2 is 1.91 bits per heavy atom. The van der Waals surface area contributed by atoms with Crippen LogP contribution in [0.3, 0.4) is 0 Å². The second-order valence-electron chi connectivity index (χ2n) is 4.67. The number of aryl methyl sites for hydroxylation is 2. The molecule has 0 atom stereocenters. The van der Waals surface area contributed by atoms with Crippen LogP contribution in [0.5, 0.6) is 0 Å². The van der Waals surface area contributed by atoms with Crippen molar-refractivity contribution in [2.45, 2.75) is 0 Å². The summed E-state index contributed by atoms with van der Waals surface area (Å²) in [7, 11) is 3.11. The van der Waals surface area contributed by atoms with E-state index in [4.69, 9.17) is 0 Å². The molecule has 22 heavy (non-hydrogen) atoms. The van der Waals surface area contributed by atoms with Gasteiger partial charge in [0.1, 0.15) is 0 Å². The molecule has 0 aromatic carbocycles. The lowest BCUT2D eigenvalue weighted by atomic mass is 10.1. The SMILES string of the molecule is Cn1c(/C(=N/O)c2ccncc2)nc2c1c(=O)[nH]c(=O)n2C. The number of hydrogen-bond acceptors (Lipinski definition) is 6. The van der Waals surface area contributed by atoms with E-state index >= 15 is 0 Å². The number of nitrogens with zero attached hydrogens (tertiary/aromatic N) is 5. The van der Waals surface area contributed by atoms with Gasteiger partial charge in [0.2, 0.25) is 0 Å². The number of rotatable bonds is 2. The van der Waals surface area contributed by atoms with Crippen LogP contribution < -0.4 is 11.2 Å². The van der Waals surface area contributed by atoms with Crippen LogP contribution in [0, 0.1) is 0 Å². The van der Waals surface area contributed by atoms with Gasteiger partial charge in [-0.15, -0.1) is 0 Å². The molecule has 0 aliphatic rings. The average molecular weight is 300 g/mol. The molecule has 0 saturated heterocycles. The van der Waals surface area contributed by atoms with Gasteiger partial charge >= 0.3 is 5.69 Å². The molecule has 9 heteroatoms. The lowest BCUT2D eigenvalue weighted by Crippen LogP contribution is -2.29. The molecule has 0 amide bonds. The van der Waals surface area contributed by atoms with Crippen molar-refractivity contribution in [3.8, 4) is 0 Å². The molecular weight excluding hydrogens is 288 g/mol. The van der Waals surface area contributed by atoms with Gasteiger partial charge in [-0.2, -0.15) is 0 Å². The summed E-state index contributed by atoms with van der Waals surface area (Å²) in [6.07, 6.45) is 3.09. The van der Waals surface area contributed by atoms with E-state index in [0.29, 0.717) is 5.56 Å². The third kappa shape index (κ3) is 1.91. The predicted octanol–water partition coefficient (Wildman–Crippen LogP) is -0.418. The molecule has 0 spiro atoms. The Labute approximate surface area is 123 Å². The molecule has 0 aliphatic heterocycles. The third-order valence-corrected chi connectivity index (χ3v) is 3.40. The summed E-state index contributed by atoms with van der Waals surface area (Å²) in [6.45, 7) is 0. The number of nitrogens with one attached hydrogen (secondary N) is 1. The van der Waals surface area contributed by atoms with Crippen LogP contribution in [0.25, 0.3) is 11.2 Å². The highest BCUT2D eigenvalue weighted by Crippen LogP contribution is 2.13. The Morgan fingerprint density at radius 3 is 2.55 bits per heavy atom. The lowest BCUT2D eigenvalue weighted by molar-refractivity contribution is 0.319. The molecule has 3 aromatic heterocycles. The fourth-order valence-corrected chi connectivity index (χ4v) is 2.26. The molecule has 0 radical (unpaired) electrons. The highest BCUT2D eigenvalue weighted by Gasteiger charge is 2.20. The van der Waals surface area contributed by atoms with Gasteiger partial charge in [-0.05, 0) is 12.1 Å². The molecule has 0 bridgehead atoms. The normalized spacial score (nSPS) is 12.0. The smallest absolute Gasteiger partial charge is 0.329 e. The number of aromatic amines is 1. The Morgan fingerprint density at radius 1 is 1.23 bits per heavy atom. The van der Waals surface area contributed by atoms with E-state index < -0.39 is 11.2 Å². The standard InChI is InChI=1S/C13H12N6O3/c1-18-9-11(19(2)13(21)16-12(9)20)15-10(18)8(17-22)7-3-5-14-6-4-7/h3-6,22H,1-2H3,(H,16,20,21)/b17-8+. The zero-order valence-electron chi connectivity index (χ0n) is 11.8. The number of imidazole rings is 1. The quantitative estimate of drug-likeness (QED) is 0.378. The number of pyridine rings is 1. The maximum Gasteiger partial charge on any atom is 0.329 e. The number of oxime groups is 1. The molecule has 3 aromatic rings. The predicted molar refractivity (Wildman–Crippen MR) is 78.2 cm³/mol. The van der Waals surface area contributed by atoms with E-state index in [1.807, 2.05) is 0 Å². The van der Waals surface area contributed by atoms with Gasteiger partial charge in [0.15, 0.2) is 22.7 Å². The van der Waals surface area contributed by atoms with Crippen molar-refractivity contribution in [1.29, 1.82) is 0 Å². The highest BCUT2D eigenvalue weighted by molar-refractivity contribution is 6.11. The Hall–Kier alpha value is -3.23. The fourth-order valence-electron chi connectivity index (χ4n) is 2.26. The second-order valence-corrected chi connectivity index (χ2v) is 4.67. The topological polar surface area (TPSA) is 118 Å². The Kier molecular flexibility index (Phi) is 3.09. The van der Waals surface area contributed by atoms with E-state index in [1.165, 1.54) is 16.2 Å². The minimum Gasteiger partial charge on any atom is -0.410 e. The first-order valence-corrected chi connectivity index (χ1v) is 6.33. The first kappa shape index (κ1) is 13.7. The van der Waals surface area contributed by atoms with Crippen molar-refractivity contribution in [3.63, 3.8) is 0 Å². The van der Waals surface area contributed by atoms with Crippen molar-refractivity contribution in [2.75, 3.05) is 0 Å². The van der Waals surface area contributed by atoms with Gasteiger partial charge in [-0.25, -0.2) is 9.78 Å². The van der Waals surface area contributed by atoms with E-state index in [1.54, 1.807) is 31.6 Å². The van der Waals surface area contributed by atoms with E-state index in [9.17, 15) is 14.8 Å². The van der Waals surface area contributed by atoms with Crippen molar-refractivity contribution in [1.82, 2.24) is 24.1 Å². The Balaban J connectivity index is 2.36. The van der Waals surface area contributed by atoms with Crippen LogP contribution in [0.2, 0.25) is 0 Å². The first-order chi connectivity index (χ1) is 10.5. The first-order valence-electron chi connectivity index (χ1n) is 6.33. The summed E-state index contributed by atoms with van der Waals surface area (Å²) in [5.41, 5.74) is 0.0685. The summed E-state index contributed by atoms with van der Waals surface area (Å²) in [5, 5.41) is 12.6. The minimum absolute atomic E-state index is 0.174. The second kappa shape index (κ2) is 4.95. The van der Waals surface area contributed by atoms with E-state index in [-0.39, 0.29) is 22.7 Å². The van der Waals surface area contributed by atoms with Gasteiger partial charge in [0, 0.05) is 32.1 Å². The van der Waals surface area contributed by atoms with E-state index in [0.717, 1.165) is 0 Å². The van der Waals surface area contributed by atoms with Crippen LogP contribution in [0.15, 0.2) is 39.3 Å². The van der Waals surface area contributed by atoms with Crippen molar-refractivity contribution in [2.24, 2.45) is 19.3 Å². The molecule has 9 nitrogen and oxygen atoms in total. The highest BCUT2D eigenvalue weighted by atomic mass is 16.4. The molecule has 112 valence electrons. The van der Waals surface area contributed by atoms with Gasteiger partial charge < -0.3 is 9.77 Å². The number of H-pyrrole nitrogens is 1. The van der Waals surface area contributed by atoms with Gasteiger partial charge in [-0.3, -0.25) is 19.3 Å². The lowest BCUT2D eigenvalue weighted by Gasteiger charge is -2.04. The molecule has 3 rings (SSSR count). The fraction of sp³-hybridized carbons (Fsp3) is 0.154. The van der Waals surface area contributed by atoms with Crippen LogP contribution in [-0.2, 0) is 14.1 Å². The molecule has 0 fully saturated rings. The summed E-state index contributed by atoms with van der Waals surface area (Å²) >= 11 is 0. The minimum atomic E-state index is -0.562. The zero-order chi connectivity index (χ0) is 15.9. The maximum absolute atomic E-state index is 12.0. The van der Waals surface area contributed by atoms with Crippen molar-refractivity contribution < 1.29 is 5.21 Å². The Bertz CT molecular complexity index is 996. The van der Waals surface area contributed by atoms with Gasteiger partial charge in [0.05, 0.1) is 0 Å². The number of aromatic nitrogens is 5. The monoisotopic (exact) mass is 300 g/mol. The molecule has 0 saturated carbocycles. The van der Waals surface area contributed by atoms with Crippen molar-refractivity contribution >= 4 is 16.9 Å². The summed E-state index contributed by atoms with van der Waals surface area (Å²) in [6, 6.07) is 3.30. The molecule has 0 unspecified atom stereocenters. The number of fused-ring (bicyclic) bond motifs is 1. The van der Waals surface area contributed by atoms with Gasteiger partial charge in [0.25, 0.3) is 5.56 Å². The average Bonchev–Trinajstić information content (AvgIpc) is 2.85. The molecule has 0 aliphatic carbocycles. The molecular formula is C13H12N6O3. The molecule has 3 heterocycles. The van der Waals surface area contributed by atoms with E-state index in [2.05, 4.69) is 20.1 Å². The van der Waals surface area contributed by atoms with Crippen LogP contribution in [-0.4, -0.2) is 35.0 Å². The van der Waals surface area contributed by atoms with Crippen LogP contribution in [0.1, 0.15) is 11.4 Å². The largest absolute Gasteiger partial charge is 0.410 e. The summed E-state index contributed by atoms with van der Waals surface area (Å²) < 4.78 is 2.70. The number of hydrogen-bond donors (Lipinski definition) is 2. The maximum atomic E-state index is 12.0. The molecule has 2 N–H and O–H groups in total. The van der Waals surface area contributed by atoms with Crippen LogP contribution in [0.4, 0.5) is 0 Å². The zero-order valence-corrected chi connectivity index (χ0v) is 11.8. The van der Waals surface area contributed by atoms with Crippen molar-refractivity contribution in [3.05, 3.63) is 56.8 Å². The third-order valence-electron chi connectivity index (χ3n) is 3.40. The van der Waals surface area contributed by atoms with Gasteiger partial charge in [-0.1, -0.05) is 5.16 Å². The summed E-state index contributed by atoms with van der Waals surface area (Å²) in [4.78, 5) is 34.0. The summed E-state index contributed by atoms with van der Waals surface area (Å²) in [5.74, 6) is 0.260.